The summed E-state index contributed by atoms with van der Waals surface area (Å²) in [5, 5.41) is 13.0. The highest BCUT2D eigenvalue weighted by atomic mass is 35.5. The van der Waals surface area contributed by atoms with Crippen molar-refractivity contribution in [3.8, 4) is 6.07 Å². The minimum atomic E-state index is 0.115. The standard InChI is InChI=1S/C20H20ClN3O/c21-18-8-9-19(17(12-18)13-22)23-14-15-4-6-16(7-5-15)20(25)24-10-2-1-3-11-24/h4-9,12,23H,1-3,10-11,14H2. The molecule has 0 unspecified atom stereocenters. The maximum Gasteiger partial charge on any atom is 0.253 e. The van der Waals surface area contributed by atoms with Crippen molar-refractivity contribution in [2.75, 3.05) is 18.4 Å². The first kappa shape index (κ1) is 17.3. The average molecular weight is 354 g/mol. The van der Waals surface area contributed by atoms with E-state index in [0.29, 0.717) is 17.1 Å². The van der Waals surface area contributed by atoms with Crippen LogP contribution in [0.4, 0.5) is 5.69 Å². The van der Waals surface area contributed by atoms with Gasteiger partial charge in [-0.25, -0.2) is 0 Å². The number of nitrogens with one attached hydrogen (secondary N) is 1. The summed E-state index contributed by atoms with van der Waals surface area (Å²) in [5.41, 5.74) is 3.05. The maximum atomic E-state index is 12.5. The van der Waals surface area contributed by atoms with Gasteiger partial charge in [0.05, 0.1) is 11.3 Å². The molecule has 1 aliphatic heterocycles. The van der Waals surface area contributed by atoms with Gasteiger partial charge >= 0.3 is 0 Å². The molecular weight excluding hydrogens is 334 g/mol. The number of carbonyl (C=O) groups excluding carboxylic acids is 1. The summed E-state index contributed by atoms with van der Waals surface area (Å²) in [4.78, 5) is 14.4. The van der Waals surface area contributed by atoms with E-state index >= 15 is 0 Å². The fraction of sp³-hybridized carbons (Fsp3) is 0.300. The predicted octanol–water partition coefficient (Wildman–Crippen LogP) is 4.45. The molecule has 0 spiro atoms. The number of hydrogen-bond donors (Lipinski definition) is 1. The van der Waals surface area contributed by atoms with Crippen LogP contribution in [0.1, 0.15) is 40.7 Å². The van der Waals surface area contributed by atoms with Crippen LogP contribution in [0, 0.1) is 11.3 Å². The van der Waals surface area contributed by atoms with Crippen molar-refractivity contribution in [1.29, 1.82) is 5.26 Å². The Kier molecular flexibility index (Phi) is 5.57. The lowest BCUT2D eigenvalue weighted by Crippen LogP contribution is -2.35. The highest BCUT2D eigenvalue weighted by molar-refractivity contribution is 6.30. The van der Waals surface area contributed by atoms with E-state index in [1.807, 2.05) is 29.2 Å². The maximum absolute atomic E-state index is 12.5. The molecule has 0 aromatic heterocycles. The van der Waals surface area contributed by atoms with Gasteiger partial charge < -0.3 is 10.2 Å². The van der Waals surface area contributed by atoms with Crippen LogP contribution in [-0.4, -0.2) is 23.9 Å². The van der Waals surface area contributed by atoms with Crippen LogP contribution >= 0.6 is 11.6 Å². The average Bonchev–Trinajstić information content (AvgIpc) is 2.67. The first-order valence-corrected chi connectivity index (χ1v) is 8.87. The summed E-state index contributed by atoms with van der Waals surface area (Å²) in [6.07, 6.45) is 3.40. The zero-order valence-electron chi connectivity index (χ0n) is 14.0. The second kappa shape index (κ2) is 8.04. The Bertz CT molecular complexity index is 790. The quantitative estimate of drug-likeness (QED) is 0.883. The minimum absolute atomic E-state index is 0.115. The predicted molar refractivity (Wildman–Crippen MR) is 99.7 cm³/mol. The van der Waals surface area contributed by atoms with Gasteiger partial charge in [0.1, 0.15) is 6.07 Å². The summed E-state index contributed by atoms with van der Waals surface area (Å²) in [5.74, 6) is 0.115. The molecular formula is C20H20ClN3O. The van der Waals surface area contributed by atoms with Crippen LogP contribution in [0.3, 0.4) is 0 Å². The molecule has 128 valence electrons. The molecule has 0 aliphatic carbocycles. The molecule has 1 amide bonds. The van der Waals surface area contributed by atoms with Gasteiger partial charge in [0, 0.05) is 30.2 Å². The number of likely N-dealkylation sites (tertiary alicyclic amines) is 1. The van der Waals surface area contributed by atoms with Crippen molar-refractivity contribution in [2.45, 2.75) is 25.8 Å². The largest absolute Gasteiger partial charge is 0.380 e. The Balaban J connectivity index is 1.63. The molecule has 0 bridgehead atoms. The monoisotopic (exact) mass is 353 g/mol. The van der Waals surface area contributed by atoms with Crippen molar-refractivity contribution in [2.24, 2.45) is 0 Å². The van der Waals surface area contributed by atoms with Crippen LogP contribution < -0.4 is 5.32 Å². The normalized spacial score (nSPS) is 14.0. The topological polar surface area (TPSA) is 56.1 Å². The number of halogens is 1. The lowest BCUT2D eigenvalue weighted by molar-refractivity contribution is 0.0724. The number of benzene rings is 2. The Morgan fingerprint density at radius 3 is 2.52 bits per heavy atom. The van der Waals surface area contributed by atoms with Gasteiger partial charge in [0.25, 0.3) is 5.91 Å². The molecule has 2 aromatic carbocycles. The van der Waals surface area contributed by atoms with E-state index in [4.69, 9.17) is 11.6 Å². The number of hydrogen-bond acceptors (Lipinski definition) is 3. The van der Waals surface area contributed by atoms with Crippen LogP contribution in [0.15, 0.2) is 42.5 Å². The van der Waals surface area contributed by atoms with Crippen molar-refractivity contribution < 1.29 is 4.79 Å². The molecule has 4 nitrogen and oxygen atoms in total. The fourth-order valence-electron chi connectivity index (χ4n) is 3.01. The van der Waals surface area contributed by atoms with Crippen LogP contribution in [-0.2, 0) is 6.54 Å². The molecule has 0 saturated carbocycles. The fourth-order valence-corrected chi connectivity index (χ4v) is 3.18. The summed E-state index contributed by atoms with van der Waals surface area (Å²) in [7, 11) is 0. The van der Waals surface area contributed by atoms with Crippen LogP contribution in [0.25, 0.3) is 0 Å². The number of piperidine rings is 1. The smallest absolute Gasteiger partial charge is 0.253 e. The summed E-state index contributed by atoms with van der Waals surface area (Å²) < 4.78 is 0. The molecule has 1 fully saturated rings. The number of nitrogens with zero attached hydrogens (tertiary/aromatic N) is 2. The number of rotatable bonds is 4. The molecule has 2 aromatic rings. The molecule has 1 N–H and O–H groups in total. The molecule has 3 rings (SSSR count). The third-order valence-corrected chi connectivity index (χ3v) is 4.66. The van der Waals surface area contributed by atoms with Crippen molar-refractivity contribution in [1.82, 2.24) is 4.90 Å². The zero-order valence-corrected chi connectivity index (χ0v) is 14.7. The van der Waals surface area contributed by atoms with E-state index in [-0.39, 0.29) is 5.91 Å². The van der Waals surface area contributed by atoms with E-state index in [0.717, 1.165) is 42.7 Å². The third kappa shape index (κ3) is 4.32. The first-order chi connectivity index (χ1) is 12.2. The van der Waals surface area contributed by atoms with Gasteiger partial charge in [-0.2, -0.15) is 5.26 Å². The van der Waals surface area contributed by atoms with Gasteiger partial charge in [-0.05, 0) is 55.2 Å². The molecule has 0 atom stereocenters. The lowest BCUT2D eigenvalue weighted by Gasteiger charge is -2.26. The van der Waals surface area contributed by atoms with E-state index < -0.39 is 0 Å². The Labute approximate surface area is 153 Å². The summed E-state index contributed by atoms with van der Waals surface area (Å²) in [6, 6.07) is 15.0. The molecule has 25 heavy (non-hydrogen) atoms. The summed E-state index contributed by atoms with van der Waals surface area (Å²) >= 11 is 5.91. The van der Waals surface area contributed by atoms with Crippen molar-refractivity contribution in [3.63, 3.8) is 0 Å². The molecule has 1 heterocycles. The molecule has 5 heteroatoms. The zero-order chi connectivity index (χ0) is 17.6. The Hall–Kier alpha value is -2.51. The van der Waals surface area contributed by atoms with Crippen molar-refractivity contribution >= 4 is 23.2 Å². The van der Waals surface area contributed by atoms with Crippen LogP contribution in [0.5, 0.6) is 0 Å². The van der Waals surface area contributed by atoms with Gasteiger partial charge in [-0.1, -0.05) is 23.7 Å². The highest BCUT2D eigenvalue weighted by Gasteiger charge is 2.17. The van der Waals surface area contributed by atoms with Gasteiger partial charge in [0.2, 0.25) is 0 Å². The number of nitriles is 1. The van der Waals surface area contributed by atoms with E-state index in [9.17, 15) is 10.1 Å². The SMILES string of the molecule is N#Cc1cc(Cl)ccc1NCc1ccc(C(=O)N2CCCCC2)cc1. The van der Waals surface area contributed by atoms with Crippen molar-refractivity contribution in [3.05, 3.63) is 64.2 Å². The Morgan fingerprint density at radius 1 is 1.12 bits per heavy atom. The lowest BCUT2D eigenvalue weighted by atomic mass is 10.1. The Morgan fingerprint density at radius 2 is 1.84 bits per heavy atom. The second-order valence-electron chi connectivity index (χ2n) is 6.21. The number of carbonyl (C=O) groups is 1. The van der Waals surface area contributed by atoms with Gasteiger partial charge in [0.15, 0.2) is 0 Å². The summed E-state index contributed by atoms with van der Waals surface area (Å²) in [6.45, 7) is 2.29. The van der Waals surface area contributed by atoms with E-state index in [2.05, 4.69) is 11.4 Å². The van der Waals surface area contributed by atoms with E-state index in [1.54, 1.807) is 18.2 Å². The molecule has 0 radical (unpaired) electrons. The highest BCUT2D eigenvalue weighted by Crippen LogP contribution is 2.21. The minimum Gasteiger partial charge on any atom is -0.380 e. The number of anilines is 1. The van der Waals surface area contributed by atoms with Gasteiger partial charge in [-0.15, -0.1) is 0 Å². The van der Waals surface area contributed by atoms with Gasteiger partial charge in [-0.3, -0.25) is 4.79 Å². The van der Waals surface area contributed by atoms with E-state index in [1.165, 1.54) is 6.42 Å². The molecule has 1 aliphatic rings. The first-order valence-electron chi connectivity index (χ1n) is 8.49. The molecule has 1 saturated heterocycles. The number of amides is 1. The van der Waals surface area contributed by atoms with Crippen LogP contribution in [0.2, 0.25) is 5.02 Å². The third-order valence-electron chi connectivity index (χ3n) is 4.43. The second-order valence-corrected chi connectivity index (χ2v) is 6.64.